The number of fused-ring (bicyclic) bond motifs is 6. The number of hydrogen-bond donors (Lipinski definition) is 0. The highest BCUT2D eigenvalue weighted by molar-refractivity contribution is 6.10. The molecule has 13 rings (SSSR count). The van der Waals surface area contributed by atoms with Crippen LogP contribution in [0.5, 0.6) is 11.5 Å². The van der Waals surface area contributed by atoms with Crippen molar-refractivity contribution in [1.29, 1.82) is 0 Å². The molecule has 0 amide bonds. The average molecular weight is 1030 g/mol. The third-order valence-electron chi connectivity index (χ3n) is 16.4. The first-order valence-corrected chi connectivity index (χ1v) is 28.2. The Morgan fingerprint density at radius 2 is 0.963 bits per heavy atom. The lowest BCUT2D eigenvalue weighted by Crippen LogP contribution is -2.28. The summed E-state index contributed by atoms with van der Waals surface area (Å²) in [6.45, 7) is 10.2. The molecule has 3 heteroatoms. The highest BCUT2D eigenvalue weighted by Gasteiger charge is 2.46. The second-order valence-electron chi connectivity index (χ2n) is 21.1. The van der Waals surface area contributed by atoms with Crippen molar-refractivity contribution >= 4 is 51.0 Å². The van der Waals surface area contributed by atoms with E-state index in [0.29, 0.717) is 0 Å². The lowest BCUT2D eigenvalue weighted by atomic mass is 9.67. The number of nitrogens with zero attached hydrogens (tertiary/aromatic N) is 2. The maximum absolute atomic E-state index is 6.44. The smallest absolute Gasteiger partial charge is 0.127 e. The Balaban J connectivity index is 0.919. The van der Waals surface area contributed by atoms with Gasteiger partial charge in [-0.2, -0.15) is 0 Å². The van der Waals surface area contributed by atoms with Crippen LogP contribution in [0.1, 0.15) is 71.6 Å². The van der Waals surface area contributed by atoms with E-state index in [0.717, 1.165) is 57.4 Å². The Morgan fingerprint density at radius 1 is 0.425 bits per heavy atom. The van der Waals surface area contributed by atoms with Crippen LogP contribution in [0.3, 0.4) is 0 Å². The Bertz CT molecular complexity index is 4170. The van der Waals surface area contributed by atoms with Crippen molar-refractivity contribution in [2.24, 2.45) is 0 Å². The quantitative estimate of drug-likeness (QED) is 0.0846. The Morgan fingerprint density at radius 3 is 1.64 bits per heavy atom. The lowest BCUT2D eigenvalue weighted by Gasteiger charge is -2.35. The van der Waals surface area contributed by atoms with E-state index in [1.54, 1.807) is 0 Å². The van der Waals surface area contributed by atoms with Crippen molar-refractivity contribution in [2.75, 3.05) is 4.90 Å². The number of para-hydroxylation sites is 1. The van der Waals surface area contributed by atoms with Crippen molar-refractivity contribution in [2.45, 2.75) is 44.4 Å². The van der Waals surface area contributed by atoms with E-state index in [1.165, 1.54) is 103 Å². The van der Waals surface area contributed by atoms with Crippen molar-refractivity contribution in [1.82, 2.24) is 4.57 Å². The van der Waals surface area contributed by atoms with Crippen LogP contribution in [0, 0.1) is 0 Å². The summed E-state index contributed by atoms with van der Waals surface area (Å²) in [5, 5.41) is 2.45. The monoisotopic (exact) mass is 1030 g/mol. The third-order valence-corrected chi connectivity index (χ3v) is 16.4. The van der Waals surface area contributed by atoms with Crippen molar-refractivity contribution in [3.05, 3.63) is 313 Å². The number of anilines is 3. The number of benzene rings is 11. The van der Waals surface area contributed by atoms with Crippen molar-refractivity contribution < 1.29 is 4.74 Å². The first-order valence-electron chi connectivity index (χ1n) is 28.2. The number of hydrogen-bond acceptors (Lipinski definition) is 2. The van der Waals surface area contributed by atoms with Gasteiger partial charge in [-0.25, -0.2) is 0 Å². The third kappa shape index (κ3) is 9.11. The SMILES string of the molecule is C=Cc1ccc(Oc2ccc(C3(c4ccccc4)c4ccccc4-c4ccc(N(c5ccc(-c6ccc(CCCCCC)cc6)cc5)c5ccc(-c6ccc7c(c6)c6ccccc6n7-c6ccc(C=C)cc6)cc5)cc43)cc2)cc1. The lowest BCUT2D eigenvalue weighted by molar-refractivity contribution is 0.482. The molecule has 386 valence electrons. The Labute approximate surface area is 470 Å². The van der Waals surface area contributed by atoms with E-state index in [4.69, 9.17) is 4.74 Å². The molecule has 1 atom stereocenters. The van der Waals surface area contributed by atoms with Crippen LogP contribution < -0.4 is 9.64 Å². The van der Waals surface area contributed by atoms with Crippen LogP contribution >= 0.6 is 0 Å². The number of aryl methyl sites for hydroxylation is 1. The minimum absolute atomic E-state index is 0.633. The maximum Gasteiger partial charge on any atom is 0.127 e. The van der Waals surface area contributed by atoms with Gasteiger partial charge in [0.05, 0.1) is 16.4 Å². The molecule has 11 aromatic carbocycles. The summed E-state index contributed by atoms with van der Waals surface area (Å²) in [5.74, 6) is 1.56. The molecule has 0 radical (unpaired) electrons. The summed E-state index contributed by atoms with van der Waals surface area (Å²) >= 11 is 0. The second kappa shape index (κ2) is 21.6. The molecule has 0 bridgehead atoms. The number of aromatic nitrogens is 1. The maximum atomic E-state index is 6.44. The summed E-state index contributed by atoms with van der Waals surface area (Å²) in [4.78, 5) is 2.43. The molecule has 0 saturated carbocycles. The van der Waals surface area contributed by atoms with Crippen LogP contribution in [0.15, 0.2) is 274 Å². The molecule has 0 N–H and O–H groups in total. The highest BCUT2D eigenvalue weighted by atomic mass is 16.5. The van der Waals surface area contributed by atoms with E-state index >= 15 is 0 Å². The van der Waals surface area contributed by atoms with E-state index in [-0.39, 0.29) is 0 Å². The standard InChI is InChI=1S/C77H62N2O/c1-4-7-8-10-17-56-24-30-57(31-25-56)58-32-41-63(42-33-58)78(64-43-34-59(35-44-64)60-36-51-76-72(52-60)71-21-14-16-23-75(71)79(76)65-39-26-54(5-2)27-40-65)66-45-50-70-69-20-13-15-22-73(69)77(74(70)53-66,61-18-11-9-12-19-61)62-37-48-68(49-38-62)80-67-46-28-55(6-3)29-47-67/h5-6,9,11-16,18-53H,2-4,7-8,10,17H2,1H3. The molecule has 12 aromatic rings. The first-order chi connectivity index (χ1) is 39.5. The van der Waals surface area contributed by atoms with Gasteiger partial charge in [-0.1, -0.05) is 221 Å². The molecule has 80 heavy (non-hydrogen) atoms. The van der Waals surface area contributed by atoms with Crippen LogP contribution in [0.4, 0.5) is 17.1 Å². The van der Waals surface area contributed by atoms with E-state index < -0.39 is 5.41 Å². The van der Waals surface area contributed by atoms with Gasteiger partial charge in [-0.15, -0.1) is 0 Å². The van der Waals surface area contributed by atoms with Crippen LogP contribution in [-0.4, -0.2) is 4.57 Å². The molecule has 0 saturated heterocycles. The molecule has 1 aliphatic carbocycles. The summed E-state index contributed by atoms with van der Waals surface area (Å²) in [6.07, 6.45) is 9.94. The van der Waals surface area contributed by atoms with Crippen LogP contribution in [-0.2, 0) is 11.8 Å². The van der Waals surface area contributed by atoms with E-state index in [9.17, 15) is 0 Å². The van der Waals surface area contributed by atoms with Gasteiger partial charge in [0.1, 0.15) is 11.5 Å². The van der Waals surface area contributed by atoms with Gasteiger partial charge in [0.15, 0.2) is 0 Å². The topological polar surface area (TPSA) is 17.4 Å². The Hall–Kier alpha value is -9.70. The zero-order chi connectivity index (χ0) is 54.0. The molecule has 3 nitrogen and oxygen atoms in total. The van der Waals surface area contributed by atoms with Crippen molar-refractivity contribution in [3.8, 4) is 50.6 Å². The van der Waals surface area contributed by atoms with Gasteiger partial charge < -0.3 is 14.2 Å². The molecular formula is C77H62N2O. The molecule has 1 aromatic heterocycles. The predicted molar refractivity (Wildman–Crippen MR) is 338 cm³/mol. The fourth-order valence-corrected chi connectivity index (χ4v) is 12.3. The van der Waals surface area contributed by atoms with E-state index in [1.807, 2.05) is 36.4 Å². The van der Waals surface area contributed by atoms with Gasteiger partial charge in [0.25, 0.3) is 0 Å². The van der Waals surface area contributed by atoms with Gasteiger partial charge in [0, 0.05) is 33.5 Å². The second-order valence-corrected chi connectivity index (χ2v) is 21.1. The summed E-state index contributed by atoms with van der Waals surface area (Å²) in [5.41, 5.74) is 21.7. The first kappa shape index (κ1) is 49.8. The van der Waals surface area contributed by atoms with Gasteiger partial charge >= 0.3 is 0 Å². The highest BCUT2D eigenvalue weighted by Crippen LogP contribution is 2.57. The zero-order valence-electron chi connectivity index (χ0n) is 45.2. The van der Waals surface area contributed by atoms with Crippen molar-refractivity contribution in [3.63, 3.8) is 0 Å². The largest absolute Gasteiger partial charge is 0.457 e. The number of ether oxygens (including phenoxy) is 1. The zero-order valence-corrected chi connectivity index (χ0v) is 45.2. The average Bonchev–Trinajstić information content (AvgIpc) is 4.06. The van der Waals surface area contributed by atoms with Gasteiger partial charge in [-0.3, -0.25) is 0 Å². The molecular weight excluding hydrogens is 969 g/mol. The molecule has 1 unspecified atom stereocenters. The van der Waals surface area contributed by atoms with E-state index in [2.05, 4.69) is 266 Å². The minimum Gasteiger partial charge on any atom is -0.457 e. The molecule has 0 spiro atoms. The molecule has 1 heterocycles. The summed E-state index contributed by atoms with van der Waals surface area (Å²) in [7, 11) is 0. The normalized spacial score (nSPS) is 13.5. The van der Waals surface area contributed by atoms with Gasteiger partial charge in [-0.05, 0) is 176 Å². The Kier molecular flexibility index (Phi) is 13.5. The molecule has 0 fully saturated rings. The summed E-state index contributed by atoms with van der Waals surface area (Å²) < 4.78 is 8.81. The molecule has 0 aliphatic heterocycles. The molecule has 1 aliphatic rings. The predicted octanol–water partition coefficient (Wildman–Crippen LogP) is 21.2. The van der Waals surface area contributed by atoms with Crippen LogP contribution in [0.25, 0.3) is 73.0 Å². The fourth-order valence-electron chi connectivity index (χ4n) is 12.3. The fraction of sp³-hybridized carbons (Fsp3) is 0.0909. The van der Waals surface area contributed by atoms with Gasteiger partial charge in [0.2, 0.25) is 0 Å². The minimum atomic E-state index is -0.633. The number of unbranched alkanes of at least 4 members (excludes halogenated alkanes) is 3. The van der Waals surface area contributed by atoms with Crippen LogP contribution in [0.2, 0.25) is 0 Å². The number of rotatable bonds is 17. The summed E-state index contributed by atoms with van der Waals surface area (Å²) in [6, 6.07) is 95.5.